The van der Waals surface area contributed by atoms with Gasteiger partial charge in [-0.1, -0.05) is 83.3 Å². The topological polar surface area (TPSA) is 232 Å². The second kappa shape index (κ2) is 16.8. The van der Waals surface area contributed by atoms with Gasteiger partial charge in [-0.3, -0.25) is 9.59 Å². The minimum absolute atomic E-state index is 0.00586. The van der Waals surface area contributed by atoms with E-state index in [-0.39, 0.29) is 42.5 Å². The first kappa shape index (κ1) is 43.2. The number of rotatable bonds is 8. The number of ether oxygens (including phenoxy) is 2. The van der Waals surface area contributed by atoms with Crippen LogP contribution in [0.3, 0.4) is 0 Å². The zero-order valence-corrected chi connectivity index (χ0v) is 35.0. The third-order valence-electron chi connectivity index (χ3n) is 10.6. The summed E-state index contributed by atoms with van der Waals surface area (Å²) in [4.78, 5) is 75.2. The maximum atomic E-state index is 14.9. The monoisotopic (exact) mass is 930 g/mol. The summed E-state index contributed by atoms with van der Waals surface area (Å²) in [6, 6.07) is 25.6. The summed E-state index contributed by atoms with van der Waals surface area (Å²) in [5, 5.41) is 38.7. The minimum atomic E-state index is -2.73. The summed E-state index contributed by atoms with van der Waals surface area (Å²) in [7, 11) is 0. The highest BCUT2D eigenvalue weighted by molar-refractivity contribution is 7.25. The Morgan fingerprint density at radius 2 is 0.910 bits per heavy atom. The molecule has 67 heavy (non-hydrogen) atoms. The van der Waals surface area contributed by atoms with Gasteiger partial charge in [0.1, 0.15) is 60.1 Å². The van der Waals surface area contributed by atoms with Crippen molar-refractivity contribution in [2.45, 2.75) is 18.6 Å². The van der Waals surface area contributed by atoms with E-state index in [4.69, 9.17) is 9.47 Å². The second-order valence-corrected chi connectivity index (χ2v) is 16.3. The van der Waals surface area contributed by atoms with Gasteiger partial charge in [0.2, 0.25) is 21.8 Å². The highest BCUT2D eigenvalue weighted by Gasteiger charge is 2.63. The van der Waals surface area contributed by atoms with Crippen molar-refractivity contribution >= 4 is 79.0 Å². The van der Waals surface area contributed by atoms with E-state index >= 15 is 0 Å². The molecule has 3 aliphatic carbocycles. The number of fused-ring (bicyclic) bond motifs is 5. The molecule has 0 unspecified atom stereocenters. The number of allylic oxidation sites excluding steroid dienone is 4. The Kier molecular flexibility index (Phi) is 10.8. The third-order valence-corrected chi connectivity index (χ3v) is 12.7. The summed E-state index contributed by atoms with van der Waals surface area (Å²) in [6.07, 6.45) is 0. The minimum Gasteiger partial charge on any atom is -0.459 e. The van der Waals surface area contributed by atoms with Gasteiger partial charge in [-0.25, -0.2) is 47.1 Å². The Bertz CT molecular complexity index is 3290. The number of hydrogen-bond donors (Lipinski definition) is 0. The number of esters is 2. The number of carbonyl (C=O) groups is 4. The molecule has 0 fully saturated rings. The van der Waals surface area contributed by atoms with Gasteiger partial charge in [-0.15, -0.1) is 0 Å². The number of ketones is 2. The van der Waals surface area contributed by atoms with Crippen LogP contribution in [0.15, 0.2) is 106 Å². The van der Waals surface area contributed by atoms with Crippen molar-refractivity contribution in [3.05, 3.63) is 164 Å². The number of benzene rings is 4. The van der Waals surface area contributed by atoms with Crippen LogP contribution < -0.4 is 0 Å². The van der Waals surface area contributed by atoms with Crippen LogP contribution >= 0.6 is 22.7 Å². The van der Waals surface area contributed by atoms with Crippen LogP contribution in [-0.2, 0) is 37.7 Å². The summed E-state index contributed by atoms with van der Waals surface area (Å²) in [5.41, 5.74) is -7.41. The Labute approximate surface area is 381 Å². The predicted molar refractivity (Wildman–Crippen MR) is 228 cm³/mol. The molecule has 2 aromatic heterocycles. The van der Waals surface area contributed by atoms with Crippen LogP contribution in [0, 0.1) is 68.6 Å². The Hall–Kier alpha value is -9.08. The van der Waals surface area contributed by atoms with Gasteiger partial charge >= 0.3 is 11.9 Å². The molecule has 0 aliphatic heterocycles. The number of carbonyl (C=O) groups excluding carboxylic acids is 4. The van der Waals surface area contributed by atoms with Gasteiger partial charge in [0.15, 0.2) is 23.3 Å². The third kappa shape index (κ3) is 6.97. The molecule has 9 rings (SSSR count). The lowest BCUT2D eigenvalue weighted by atomic mass is 9.84. The van der Waals surface area contributed by atoms with Gasteiger partial charge in [-0.05, 0) is 35.4 Å². The molecule has 0 spiro atoms. The number of aromatic nitrogens is 2. The molecule has 0 saturated heterocycles. The fourth-order valence-corrected chi connectivity index (χ4v) is 9.71. The van der Waals surface area contributed by atoms with Crippen LogP contribution in [0.4, 0.5) is 27.8 Å². The van der Waals surface area contributed by atoms with Crippen LogP contribution in [0.1, 0.15) is 54.4 Å². The standard InChI is InChI=1S/C47H18F4N8O6S2/c48-29-11-25-27(13-31(29)50)37(60)35(33(25)23(15-52)16-53)56-45-58-41-39(66-45)40-42(47(41,43(62)64-19-21-7-3-1-4-8-21)44(63)65-20-22-9-5-2-6-10-22)59-46(67-40)57-36-34(24(17-54)18-55)26-12-30(49)32(51)14-28(26)38(36)61/h1-14H,19-20H2/b56-35-,57-36-. The number of thiazole rings is 2. The Balaban J connectivity index is 1.27. The first-order chi connectivity index (χ1) is 32.3. The molecule has 0 radical (unpaired) electrons. The van der Waals surface area contributed by atoms with Crippen molar-refractivity contribution in [2.75, 3.05) is 0 Å². The van der Waals surface area contributed by atoms with E-state index in [1.54, 1.807) is 84.9 Å². The van der Waals surface area contributed by atoms with Crippen molar-refractivity contribution in [1.29, 1.82) is 21.0 Å². The molecule has 3 aliphatic rings. The molecule has 14 nitrogen and oxygen atoms in total. The first-order valence-corrected chi connectivity index (χ1v) is 20.8. The molecular formula is C47H18F4N8O6S2. The van der Waals surface area contributed by atoms with Gasteiger partial charge in [0.25, 0.3) is 5.41 Å². The zero-order valence-electron chi connectivity index (χ0n) is 33.4. The smallest absolute Gasteiger partial charge is 0.336 e. The Morgan fingerprint density at radius 1 is 0.567 bits per heavy atom. The summed E-state index contributed by atoms with van der Waals surface area (Å²) in [6.45, 7) is -0.788. The van der Waals surface area contributed by atoms with E-state index in [9.17, 15) is 57.8 Å². The van der Waals surface area contributed by atoms with Gasteiger partial charge in [0, 0.05) is 33.4 Å². The van der Waals surface area contributed by atoms with Crippen molar-refractivity contribution in [1.82, 2.24) is 9.97 Å². The molecule has 20 heteroatoms. The highest BCUT2D eigenvalue weighted by Crippen LogP contribution is 2.57. The lowest BCUT2D eigenvalue weighted by molar-refractivity contribution is -0.164. The van der Waals surface area contributed by atoms with Crippen LogP contribution in [0.5, 0.6) is 0 Å². The summed E-state index contributed by atoms with van der Waals surface area (Å²) >= 11 is 1.34. The number of aliphatic imine (C=N–C) groups is 2. The van der Waals surface area contributed by atoms with Crippen molar-refractivity contribution in [3.63, 3.8) is 0 Å². The van der Waals surface area contributed by atoms with E-state index in [0.29, 0.717) is 58.1 Å². The van der Waals surface area contributed by atoms with Gasteiger partial charge in [-0.2, -0.15) is 21.0 Å². The first-order valence-electron chi connectivity index (χ1n) is 19.1. The SMILES string of the molecule is N#CC(C#N)=C1/C(=N/c2nc3c(s2)-c2sc(/N=C4\C(=O)c5cc(F)c(F)cc5C4=C(C#N)C#N)nc2C3(C(=O)OCc2ccccc2)C(=O)OCc2ccccc2)C(=O)c2cc(F)c(F)cc21. The van der Waals surface area contributed by atoms with E-state index < -0.39 is 110 Å². The molecule has 2 heterocycles. The van der Waals surface area contributed by atoms with E-state index in [0.717, 1.165) is 0 Å². The summed E-state index contributed by atoms with van der Waals surface area (Å²) < 4.78 is 69.7. The number of nitrogens with zero attached hydrogens (tertiary/aromatic N) is 8. The van der Waals surface area contributed by atoms with Crippen molar-refractivity contribution in [3.8, 4) is 34.0 Å². The Morgan fingerprint density at radius 3 is 1.25 bits per heavy atom. The molecule has 0 atom stereocenters. The molecule has 0 amide bonds. The molecule has 322 valence electrons. The summed E-state index contributed by atoms with van der Waals surface area (Å²) in [5.74, 6) is -10.2. The maximum absolute atomic E-state index is 14.9. The molecule has 0 saturated carbocycles. The molecule has 6 aromatic rings. The fourth-order valence-electron chi connectivity index (χ4n) is 7.58. The predicted octanol–water partition coefficient (Wildman–Crippen LogP) is 8.45. The van der Waals surface area contributed by atoms with Gasteiger partial charge in [0.05, 0.1) is 21.1 Å². The second-order valence-electron chi connectivity index (χ2n) is 14.4. The van der Waals surface area contributed by atoms with Gasteiger partial charge < -0.3 is 9.47 Å². The number of halogens is 4. The number of nitriles is 4. The van der Waals surface area contributed by atoms with E-state index in [1.807, 2.05) is 0 Å². The normalized spacial score (nSPS) is 14.9. The van der Waals surface area contributed by atoms with Crippen molar-refractivity contribution < 1.29 is 46.2 Å². The fraction of sp³-hybridized carbons (Fsp3) is 0.0638. The molecule has 4 aromatic carbocycles. The largest absolute Gasteiger partial charge is 0.459 e. The van der Waals surface area contributed by atoms with Crippen LogP contribution in [0.2, 0.25) is 0 Å². The average Bonchev–Trinajstić information content (AvgIpc) is 4.11. The quantitative estimate of drug-likeness (QED) is 0.0605. The van der Waals surface area contributed by atoms with Crippen LogP contribution in [-0.4, -0.2) is 44.9 Å². The molecular weight excluding hydrogens is 913 g/mol. The lowest BCUT2D eigenvalue weighted by Crippen LogP contribution is -2.46. The lowest BCUT2D eigenvalue weighted by Gasteiger charge is -2.24. The van der Waals surface area contributed by atoms with Crippen molar-refractivity contribution in [2.24, 2.45) is 9.98 Å². The number of hydrogen-bond acceptors (Lipinski definition) is 16. The highest BCUT2D eigenvalue weighted by atomic mass is 32.1. The average molecular weight is 931 g/mol. The van der Waals surface area contributed by atoms with E-state index in [1.165, 1.54) is 0 Å². The number of Topliss-reactive ketones (excluding diaryl/α,β-unsaturated/α-hetero) is 2. The van der Waals surface area contributed by atoms with E-state index in [2.05, 4.69) is 20.0 Å². The van der Waals surface area contributed by atoms with Crippen LogP contribution in [0.25, 0.3) is 20.9 Å². The zero-order chi connectivity index (χ0) is 47.3. The maximum Gasteiger partial charge on any atom is 0.336 e. The molecule has 0 bridgehead atoms. The molecule has 0 N–H and O–H groups in total.